The van der Waals surface area contributed by atoms with Crippen LogP contribution in [0.5, 0.6) is 0 Å². The normalized spacial score (nSPS) is 17.4. The van der Waals surface area contributed by atoms with Crippen molar-refractivity contribution in [3.05, 3.63) is 35.4 Å². The van der Waals surface area contributed by atoms with Crippen LogP contribution in [0.15, 0.2) is 24.3 Å². The van der Waals surface area contributed by atoms with Crippen molar-refractivity contribution in [2.45, 2.75) is 58.4 Å². The van der Waals surface area contributed by atoms with Gasteiger partial charge in [-0.2, -0.15) is 0 Å². The van der Waals surface area contributed by atoms with Crippen molar-refractivity contribution < 1.29 is 0 Å². The second-order valence-corrected chi connectivity index (χ2v) is 5.77. The minimum atomic E-state index is 0.492. The summed E-state index contributed by atoms with van der Waals surface area (Å²) in [6.07, 6.45) is 8.09. The first-order valence-corrected chi connectivity index (χ1v) is 7.62. The molecule has 0 aromatic heterocycles. The highest BCUT2D eigenvalue weighted by molar-refractivity contribution is 5.24. The Morgan fingerprint density at radius 3 is 2.50 bits per heavy atom. The highest BCUT2D eigenvalue weighted by Gasteiger charge is 2.17. The second kappa shape index (κ2) is 6.94. The third kappa shape index (κ3) is 3.84. The Hall–Kier alpha value is -0.820. The molecule has 0 heterocycles. The Morgan fingerprint density at radius 1 is 1.22 bits per heavy atom. The number of rotatable bonds is 7. The van der Waals surface area contributed by atoms with Crippen molar-refractivity contribution in [3.63, 3.8) is 0 Å². The summed E-state index contributed by atoms with van der Waals surface area (Å²) in [4.78, 5) is 0. The van der Waals surface area contributed by atoms with Crippen molar-refractivity contribution in [2.24, 2.45) is 5.92 Å². The third-order valence-electron chi connectivity index (χ3n) is 4.24. The minimum absolute atomic E-state index is 0.492. The van der Waals surface area contributed by atoms with Gasteiger partial charge in [0.15, 0.2) is 0 Å². The van der Waals surface area contributed by atoms with Gasteiger partial charge in [0.25, 0.3) is 0 Å². The SMILES string of the molecule is CCCCc1ccc(C(C)NCC2CCC2)cc1. The zero-order chi connectivity index (χ0) is 12.8. The minimum Gasteiger partial charge on any atom is -0.310 e. The first-order valence-electron chi connectivity index (χ1n) is 7.62. The van der Waals surface area contributed by atoms with Crippen LogP contribution in [0.25, 0.3) is 0 Å². The predicted octanol–water partition coefficient (Wildman–Crippen LogP) is 4.48. The second-order valence-electron chi connectivity index (χ2n) is 5.77. The zero-order valence-corrected chi connectivity index (χ0v) is 11.9. The molecule has 1 nitrogen and oxygen atoms in total. The summed E-state index contributed by atoms with van der Waals surface area (Å²) in [5.74, 6) is 0.941. The molecule has 1 aromatic rings. The number of aryl methyl sites for hydroxylation is 1. The van der Waals surface area contributed by atoms with Crippen LogP contribution >= 0.6 is 0 Å². The molecule has 0 radical (unpaired) electrons. The van der Waals surface area contributed by atoms with Crippen LogP contribution in [-0.4, -0.2) is 6.54 Å². The van der Waals surface area contributed by atoms with E-state index in [4.69, 9.17) is 0 Å². The van der Waals surface area contributed by atoms with E-state index in [0.29, 0.717) is 6.04 Å². The fourth-order valence-corrected chi connectivity index (χ4v) is 2.51. The maximum absolute atomic E-state index is 3.66. The van der Waals surface area contributed by atoms with Crippen molar-refractivity contribution in [1.29, 1.82) is 0 Å². The Labute approximate surface area is 112 Å². The van der Waals surface area contributed by atoms with Gasteiger partial charge >= 0.3 is 0 Å². The van der Waals surface area contributed by atoms with Gasteiger partial charge in [0.1, 0.15) is 0 Å². The van der Waals surface area contributed by atoms with Crippen LogP contribution < -0.4 is 5.32 Å². The molecule has 1 fully saturated rings. The standard InChI is InChI=1S/C17H27N/c1-3-4-6-15-9-11-17(12-10-15)14(2)18-13-16-7-5-8-16/h9-12,14,16,18H,3-8,13H2,1-2H3. The van der Waals surface area contributed by atoms with E-state index in [2.05, 4.69) is 43.4 Å². The molecule has 1 saturated carbocycles. The van der Waals surface area contributed by atoms with E-state index in [1.165, 1.54) is 56.2 Å². The molecular formula is C17H27N. The molecule has 0 saturated heterocycles. The van der Waals surface area contributed by atoms with Crippen LogP contribution in [0, 0.1) is 5.92 Å². The number of benzene rings is 1. The van der Waals surface area contributed by atoms with Crippen molar-refractivity contribution in [1.82, 2.24) is 5.32 Å². The Balaban J connectivity index is 1.79. The lowest BCUT2D eigenvalue weighted by atomic mass is 9.85. The monoisotopic (exact) mass is 245 g/mol. The zero-order valence-electron chi connectivity index (χ0n) is 11.9. The van der Waals surface area contributed by atoms with E-state index in [0.717, 1.165) is 5.92 Å². The van der Waals surface area contributed by atoms with Crippen molar-refractivity contribution >= 4 is 0 Å². The molecule has 0 aliphatic heterocycles. The number of hydrogen-bond donors (Lipinski definition) is 1. The predicted molar refractivity (Wildman–Crippen MR) is 78.8 cm³/mol. The quantitative estimate of drug-likeness (QED) is 0.747. The van der Waals surface area contributed by atoms with Gasteiger partial charge < -0.3 is 5.32 Å². The molecule has 2 rings (SSSR count). The molecule has 0 bridgehead atoms. The van der Waals surface area contributed by atoms with Crippen LogP contribution in [0.2, 0.25) is 0 Å². The number of nitrogens with one attached hydrogen (secondary N) is 1. The molecule has 1 aliphatic carbocycles. The van der Waals surface area contributed by atoms with Gasteiger partial charge in [-0.05, 0) is 56.2 Å². The molecule has 100 valence electrons. The average molecular weight is 245 g/mol. The number of hydrogen-bond acceptors (Lipinski definition) is 1. The molecule has 1 unspecified atom stereocenters. The maximum atomic E-state index is 3.66. The first kappa shape index (κ1) is 13.6. The molecule has 0 amide bonds. The Morgan fingerprint density at radius 2 is 1.94 bits per heavy atom. The summed E-state index contributed by atoms with van der Waals surface area (Å²) in [6.45, 7) is 5.72. The summed E-state index contributed by atoms with van der Waals surface area (Å²) < 4.78 is 0. The van der Waals surface area contributed by atoms with Gasteiger partial charge in [-0.25, -0.2) is 0 Å². The van der Waals surface area contributed by atoms with Gasteiger partial charge in [-0.3, -0.25) is 0 Å². The summed E-state index contributed by atoms with van der Waals surface area (Å²) in [5.41, 5.74) is 2.90. The molecule has 1 atom stereocenters. The van der Waals surface area contributed by atoms with Crippen LogP contribution in [0.4, 0.5) is 0 Å². The number of unbranched alkanes of at least 4 members (excludes halogenated alkanes) is 1. The average Bonchev–Trinajstić information content (AvgIpc) is 2.35. The van der Waals surface area contributed by atoms with Gasteiger partial charge in [0, 0.05) is 6.04 Å². The smallest absolute Gasteiger partial charge is 0.0291 e. The van der Waals surface area contributed by atoms with Crippen molar-refractivity contribution in [2.75, 3.05) is 6.54 Å². The van der Waals surface area contributed by atoms with Crippen LogP contribution in [0.1, 0.15) is 63.1 Å². The summed E-state index contributed by atoms with van der Waals surface area (Å²) in [7, 11) is 0. The van der Waals surface area contributed by atoms with Gasteiger partial charge in [-0.15, -0.1) is 0 Å². The first-order chi connectivity index (χ1) is 8.79. The fraction of sp³-hybridized carbons (Fsp3) is 0.647. The van der Waals surface area contributed by atoms with Gasteiger partial charge in [0.2, 0.25) is 0 Å². The molecule has 1 aromatic carbocycles. The lowest BCUT2D eigenvalue weighted by Crippen LogP contribution is -2.29. The van der Waals surface area contributed by atoms with E-state index in [1.54, 1.807) is 0 Å². The van der Waals surface area contributed by atoms with E-state index in [-0.39, 0.29) is 0 Å². The molecule has 1 heteroatoms. The highest BCUT2D eigenvalue weighted by atomic mass is 14.9. The molecular weight excluding hydrogens is 218 g/mol. The summed E-state index contributed by atoms with van der Waals surface area (Å²) >= 11 is 0. The van der Waals surface area contributed by atoms with E-state index < -0.39 is 0 Å². The Bertz CT molecular complexity index is 337. The highest BCUT2D eigenvalue weighted by Crippen LogP contribution is 2.26. The van der Waals surface area contributed by atoms with E-state index >= 15 is 0 Å². The molecule has 1 aliphatic rings. The molecule has 1 N–H and O–H groups in total. The van der Waals surface area contributed by atoms with E-state index in [9.17, 15) is 0 Å². The van der Waals surface area contributed by atoms with E-state index in [1.807, 2.05) is 0 Å². The largest absolute Gasteiger partial charge is 0.310 e. The lowest BCUT2D eigenvalue weighted by Gasteiger charge is -2.27. The summed E-state index contributed by atoms with van der Waals surface area (Å²) in [5, 5.41) is 3.66. The topological polar surface area (TPSA) is 12.0 Å². The van der Waals surface area contributed by atoms with Crippen molar-refractivity contribution in [3.8, 4) is 0 Å². The lowest BCUT2D eigenvalue weighted by molar-refractivity contribution is 0.292. The Kier molecular flexibility index (Phi) is 5.25. The van der Waals surface area contributed by atoms with Gasteiger partial charge in [0.05, 0.1) is 0 Å². The van der Waals surface area contributed by atoms with Crippen LogP contribution in [-0.2, 0) is 6.42 Å². The molecule has 0 spiro atoms. The fourth-order valence-electron chi connectivity index (χ4n) is 2.51. The summed E-state index contributed by atoms with van der Waals surface area (Å²) in [6, 6.07) is 9.68. The van der Waals surface area contributed by atoms with Gasteiger partial charge in [-0.1, -0.05) is 44.0 Å². The maximum Gasteiger partial charge on any atom is 0.0291 e. The molecule has 18 heavy (non-hydrogen) atoms. The van der Waals surface area contributed by atoms with Crippen LogP contribution in [0.3, 0.4) is 0 Å². The third-order valence-corrected chi connectivity index (χ3v) is 4.24.